The Morgan fingerprint density at radius 1 is 1.28 bits per heavy atom. The number of aliphatic hydroxyl groups excluding tert-OH is 1. The molecule has 0 radical (unpaired) electrons. The van der Waals surface area contributed by atoms with Crippen LogP contribution in [0.25, 0.3) is 0 Å². The van der Waals surface area contributed by atoms with E-state index in [1.807, 2.05) is 0 Å². The number of amides is 2. The molecule has 0 bridgehead atoms. The molecule has 1 aliphatic rings. The van der Waals surface area contributed by atoms with Gasteiger partial charge in [-0.05, 0) is 19.9 Å². The van der Waals surface area contributed by atoms with Crippen molar-refractivity contribution in [1.82, 2.24) is 15.1 Å². The van der Waals surface area contributed by atoms with E-state index in [9.17, 15) is 9.59 Å². The highest BCUT2D eigenvalue weighted by atomic mass is 16.4. The van der Waals surface area contributed by atoms with Gasteiger partial charge < -0.3 is 20.4 Å². The molecule has 2 amide bonds. The van der Waals surface area contributed by atoms with Crippen molar-refractivity contribution in [3.8, 4) is 0 Å². The fourth-order valence-corrected chi connectivity index (χ4v) is 1.88. The Morgan fingerprint density at radius 3 is 2.61 bits per heavy atom. The second kappa shape index (κ2) is 7.17. The van der Waals surface area contributed by atoms with Crippen molar-refractivity contribution in [3.05, 3.63) is 0 Å². The summed E-state index contributed by atoms with van der Waals surface area (Å²) in [7, 11) is 0. The predicted molar refractivity (Wildman–Crippen MR) is 65.3 cm³/mol. The van der Waals surface area contributed by atoms with Gasteiger partial charge in [-0.25, -0.2) is 4.79 Å². The number of aliphatic hydroxyl groups is 1. The van der Waals surface area contributed by atoms with Crippen LogP contribution in [-0.4, -0.2) is 77.4 Å². The van der Waals surface area contributed by atoms with Gasteiger partial charge in [-0.1, -0.05) is 0 Å². The molecule has 0 aliphatic carbocycles. The quantitative estimate of drug-likeness (QED) is 0.612. The molecular weight excluding hydrogens is 238 g/mol. The van der Waals surface area contributed by atoms with Crippen LogP contribution in [-0.2, 0) is 4.79 Å². The van der Waals surface area contributed by atoms with Gasteiger partial charge in [-0.3, -0.25) is 9.69 Å². The molecule has 1 heterocycles. The minimum absolute atomic E-state index is 0.113. The van der Waals surface area contributed by atoms with Gasteiger partial charge in [0.1, 0.15) is 6.04 Å². The second-order valence-corrected chi connectivity index (χ2v) is 4.42. The monoisotopic (exact) mass is 259 g/mol. The van der Waals surface area contributed by atoms with E-state index in [1.165, 1.54) is 6.92 Å². The summed E-state index contributed by atoms with van der Waals surface area (Å²) in [5.74, 6) is -1.04. The van der Waals surface area contributed by atoms with Crippen LogP contribution in [0.15, 0.2) is 0 Å². The molecule has 1 atom stereocenters. The van der Waals surface area contributed by atoms with Gasteiger partial charge in [-0.15, -0.1) is 0 Å². The van der Waals surface area contributed by atoms with Crippen molar-refractivity contribution < 1.29 is 19.8 Å². The molecule has 7 nitrogen and oxygen atoms in total. The summed E-state index contributed by atoms with van der Waals surface area (Å²) in [6, 6.07) is -1.22. The molecular formula is C11H21N3O4. The van der Waals surface area contributed by atoms with Crippen molar-refractivity contribution >= 4 is 12.0 Å². The number of hydrogen-bond acceptors (Lipinski definition) is 4. The van der Waals surface area contributed by atoms with Crippen LogP contribution in [0.3, 0.4) is 0 Å². The summed E-state index contributed by atoms with van der Waals surface area (Å²) in [5, 5.41) is 20.0. The maximum Gasteiger partial charge on any atom is 0.325 e. The lowest BCUT2D eigenvalue weighted by molar-refractivity contribution is -0.138. The van der Waals surface area contributed by atoms with Crippen LogP contribution in [0, 0.1) is 0 Å². The van der Waals surface area contributed by atoms with Crippen molar-refractivity contribution in [2.45, 2.75) is 19.4 Å². The molecule has 1 fully saturated rings. The normalized spacial score (nSPS) is 19.1. The second-order valence-electron chi connectivity index (χ2n) is 4.42. The number of β-amino-alcohol motifs (C(OH)–C–C–N with tert-alkyl or cyclic N) is 1. The number of urea groups is 1. The summed E-state index contributed by atoms with van der Waals surface area (Å²) < 4.78 is 0. The van der Waals surface area contributed by atoms with Gasteiger partial charge in [0.15, 0.2) is 0 Å². The van der Waals surface area contributed by atoms with Gasteiger partial charge in [0.05, 0.1) is 6.61 Å². The molecule has 0 spiro atoms. The fraction of sp³-hybridized carbons (Fsp3) is 0.818. The van der Waals surface area contributed by atoms with E-state index in [2.05, 4.69) is 10.2 Å². The number of nitrogens with one attached hydrogen (secondary N) is 1. The largest absolute Gasteiger partial charge is 0.480 e. The standard InChI is InChI=1S/C11H21N3O4/c1-9(10(16)17)12-11(18)14-4-2-3-13(5-6-14)7-8-15/h9,15H,2-8H2,1H3,(H,12,18)(H,16,17)/t9-/m0/s1. The van der Waals surface area contributed by atoms with E-state index in [4.69, 9.17) is 10.2 Å². The predicted octanol–water partition coefficient (Wildman–Crippen LogP) is -0.831. The van der Waals surface area contributed by atoms with E-state index in [1.54, 1.807) is 4.90 Å². The Bertz CT molecular complexity index is 298. The molecule has 7 heteroatoms. The van der Waals surface area contributed by atoms with Crippen LogP contribution in [0.5, 0.6) is 0 Å². The van der Waals surface area contributed by atoms with E-state index >= 15 is 0 Å². The smallest absolute Gasteiger partial charge is 0.325 e. The number of carbonyl (C=O) groups is 2. The Hall–Kier alpha value is -1.34. The molecule has 1 rings (SSSR count). The van der Waals surface area contributed by atoms with Gasteiger partial charge in [0.25, 0.3) is 0 Å². The molecule has 18 heavy (non-hydrogen) atoms. The Balaban J connectivity index is 2.42. The Labute approximate surface area is 106 Å². The number of nitrogens with zero attached hydrogens (tertiary/aromatic N) is 2. The highest BCUT2D eigenvalue weighted by Gasteiger charge is 2.21. The molecule has 0 saturated carbocycles. The van der Waals surface area contributed by atoms with Gasteiger partial charge in [0.2, 0.25) is 0 Å². The third-order valence-corrected chi connectivity index (χ3v) is 3.00. The first-order valence-electron chi connectivity index (χ1n) is 6.16. The lowest BCUT2D eigenvalue weighted by Gasteiger charge is -2.23. The average Bonchev–Trinajstić information content (AvgIpc) is 2.55. The number of hydrogen-bond donors (Lipinski definition) is 3. The fourth-order valence-electron chi connectivity index (χ4n) is 1.88. The Kier molecular flexibility index (Phi) is 5.87. The minimum Gasteiger partial charge on any atom is -0.480 e. The van der Waals surface area contributed by atoms with E-state index in [-0.39, 0.29) is 12.6 Å². The Morgan fingerprint density at radius 2 is 2.00 bits per heavy atom. The first kappa shape index (κ1) is 14.7. The summed E-state index contributed by atoms with van der Waals surface area (Å²) >= 11 is 0. The molecule has 1 aliphatic heterocycles. The van der Waals surface area contributed by atoms with Crippen molar-refractivity contribution in [3.63, 3.8) is 0 Å². The molecule has 3 N–H and O–H groups in total. The first-order valence-corrected chi connectivity index (χ1v) is 6.16. The van der Waals surface area contributed by atoms with Crippen LogP contribution in [0.1, 0.15) is 13.3 Å². The minimum atomic E-state index is -1.04. The molecule has 0 aromatic rings. The number of aliphatic carboxylic acids is 1. The summed E-state index contributed by atoms with van der Waals surface area (Å²) in [4.78, 5) is 26.2. The molecule has 0 unspecified atom stereocenters. The highest BCUT2D eigenvalue weighted by molar-refractivity contribution is 5.82. The van der Waals surface area contributed by atoms with Gasteiger partial charge in [0, 0.05) is 26.2 Å². The van der Waals surface area contributed by atoms with E-state index in [0.717, 1.165) is 13.0 Å². The van der Waals surface area contributed by atoms with Crippen molar-refractivity contribution in [2.75, 3.05) is 39.3 Å². The third kappa shape index (κ3) is 4.50. The molecule has 0 aromatic carbocycles. The zero-order valence-corrected chi connectivity index (χ0v) is 10.6. The maximum atomic E-state index is 11.8. The topological polar surface area (TPSA) is 93.1 Å². The molecule has 1 saturated heterocycles. The molecule has 104 valence electrons. The lowest BCUT2D eigenvalue weighted by Crippen LogP contribution is -2.47. The molecule has 0 aromatic heterocycles. The van der Waals surface area contributed by atoms with E-state index < -0.39 is 12.0 Å². The number of rotatable bonds is 4. The lowest BCUT2D eigenvalue weighted by atomic mass is 10.3. The maximum absolute atomic E-state index is 11.8. The summed E-state index contributed by atoms with van der Waals surface area (Å²) in [6.45, 7) is 4.88. The SMILES string of the molecule is C[C@H](NC(=O)N1CCCN(CCO)CC1)C(=O)O. The zero-order chi connectivity index (χ0) is 13.5. The van der Waals surface area contributed by atoms with Crippen LogP contribution in [0.4, 0.5) is 4.79 Å². The van der Waals surface area contributed by atoms with Crippen molar-refractivity contribution in [2.24, 2.45) is 0 Å². The highest BCUT2D eigenvalue weighted by Crippen LogP contribution is 2.03. The van der Waals surface area contributed by atoms with Crippen LogP contribution < -0.4 is 5.32 Å². The zero-order valence-electron chi connectivity index (χ0n) is 10.6. The van der Waals surface area contributed by atoms with Crippen molar-refractivity contribution in [1.29, 1.82) is 0 Å². The first-order chi connectivity index (χ1) is 8.54. The summed E-state index contributed by atoms with van der Waals surface area (Å²) in [5.41, 5.74) is 0. The van der Waals surface area contributed by atoms with Gasteiger partial charge in [-0.2, -0.15) is 0 Å². The number of carboxylic acids is 1. The summed E-state index contributed by atoms with van der Waals surface area (Å²) in [6.07, 6.45) is 0.828. The van der Waals surface area contributed by atoms with Crippen LogP contribution in [0.2, 0.25) is 0 Å². The van der Waals surface area contributed by atoms with Gasteiger partial charge >= 0.3 is 12.0 Å². The number of carbonyl (C=O) groups excluding carboxylic acids is 1. The van der Waals surface area contributed by atoms with E-state index in [0.29, 0.717) is 26.2 Å². The number of carboxylic acid groups (broad SMARTS) is 1. The third-order valence-electron chi connectivity index (χ3n) is 3.00. The average molecular weight is 259 g/mol. The van der Waals surface area contributed by atoms with Crippen LogP contribution >= 0.6 is 0 Å².